The maximum absolute atomic E-state index is 5.94. The first-order valence-corrected chi connectivity index (χ1v) is 5.93. The van der Waals surface area contributed by atoms with Crippen molar-refractivity contribution in [3.8, 4) is 0 Å². The molecular weight excluding hydrogens is 222 g/mol. The fourth-order valence-electron chi connectivity index (χ4n) is 1.32. The predicted octanol–water partition coefficient (Wildman–Crippen LogP) is 1.29. The Kier molecular flexibility index (Phi) is 2.77. The molecule has 0 atom stereocenters. The normalized spacial score (nSPS) is 12.0. The molecule has 86 valence electrons. The molecule has 2 heterocycles. The van der Waals surface area contributed by atoms with Crippen LogP contribution in [0.2, 0.25) is 0 Å². The molecule has 0 fully saturated rings. The molecule has 2 N–H and O–H groups in total. The molecule has 0 amide bonds. The Morgan fingerprint density at radius 3 is 2.75 bits per heavy atom. The molecule has 0 aliphatic heterocycles. The fraction of sp³-hybridized carbons (Fsp3) is 0.500. The number of nitrogens with zero attached hydrogens (tertiary/aromatic N) is 4. The summed E-state index contributed by atoms with van der Waals surface area (Å²) >= 11 is 1.64. The van der Waals surface area contributed by atoms with Crippen molar-refractivity contribution in [2.75, 3.05) is 0 Å². The van der Waals surface area contributed by atoms with Gasteiger partial charge in [-0.3, -0.25) is 0 Å². The lowest BCUT2D eigenvalue weighted by atomic mass is 10.0. The zero-order chi connectivity index (χ0) is 11.8. The third kappa shape index (κ3) is 2.45. The molecule has 0 aliphatic rings. The van der Waals surface area contributed by atoms with Gasteiger partial charge in [0.25, 0.3) is 0 Å². The standard InChI is InChI=1S/C10H15N5S/c1-7-12-8(6-16-7)4-15-5-9(13-14-15)10(2,3)11/h5-6H,4,11H2,1-3H3. The van der Waals surface area contributed by atoms with Gasteiger partial charge < -0.3 is 5.73 Å². The zero-order valence-electron chi connectivity index (χ0n) is 9.64. The minimum absolute atomic E-state index is 0.448. The molecule has 5 nitrogen and oxygen atoms in total. The highest BCUT2D eigenvalue weighted by atomic mass is 32.1. The molecular formula is C10H15N5S. The average molecular weight is 237 g/mol. The van der Waals surface area contributed by atoms with Crippen molar-refractivity contribution in [1.82, 2.24) is 20.0 Å². The van der Waals surface area contributed by atoms with Crippen LogP contribution >= 0.6 is 11.3 Å². The molecule has 0 radical (unpaired) electrons. The predicted molar refractivity (Wildman–Crippen MR) is 63.2 cm³/mol. The summed E-state index contributed by atoms with van der Waals surface area (Å²) < 4.78 is 1.76. The van der Waals surface area contributed by atoms with Gasteiger partial charge in [-0.05, 0) is 20.8 Å². The van der Waals surface area contributed by atoms with Crippen LogP contribution in [-0.2, 0) is 12.1 Å². The van der Waals surface area contributed by atoms with Gasteiger partial charge in [-0.1, -0.05) is 5.21 Å². The van der Waals surface area contributed by atoms with Crippen LogP contribution < -0.4 is 5.73 Å². The molecule has 0 aromatic carbocycles. The molecule has 6 heteroatoms. The van der Waals surface area contributed by atoms with Gasteiger partial charge in [0.2, 0.25) is 0 Å². The smallest absolute Gasteiger partial charge is 0.102 e. The fourth-order valence-corrected chi connectivity index (χ4v) is 1.92. The average Bonchev–Trinajstić information content (AvgIpc) is 2.74. The van der Waals surface area contributed by atoms with Gasteiger partial charge in [-0.25, -0.2) is 9.67 Å². The van der Waals surface area contributed by atoms with Crippen LogP contribution in [0.4, 0.5) is 0 Å². The molecule has 2 rings (SSSR count). The lowest BCUT2D eigenvalue weighted by molar-refractivity contribution is 0.533. The second kappa shape index (κ2) is 3.95. The molecule has 0 unspecified atom stereocenters. The number of aryl methyl sites for hydroxylation is 1. The molecule has 0 aliphatic carbocycles. The van der Waals surface area contributed by atoms with Gasteiger partial charge in [-0.2, -0.15) is 0 Å². The van der Waals surface area contributed by atoms with E-state index in [1.165, 1.54) is 0 Å². The van der Waals surface area contributed by atoms with E-state index in [-0.39, 0.29) is 0 Å². The number of thiazole rings is 1. The minimum atomic E-state index is -0.448. The van der Waals surface area contributed by atoms with Crippen molar-refractivity contribution >= 4 is 11.3 Å². The van der Waals surface area contributed by atoms with Gasteiger partial charge in [0.15, 0.2) is 0 Å². The summed E-state index contributed by atoms with van der Waals surface area (Å²) in [7, 11) is 0. The van der Waals surface area contributed by atoms with Crippen molar-refractivity contribution in [3.05, 3.63) is 28.0 Å². The quantitative estimate of drug-likeness (QED) is 0.873. The Morgan fingerprint density at radius 1 is 1.50 bits per heavy atom. The monoisotopic (exact) mass is 237 g/mol. The van der Waals surface area contributed by atoms with Crippen molar-refractivity contribution in [3.63, 3.8) is 0 Å². The van der Waals surface area contributed by atoms with Gasteiger partial charge in [0.05, 0.1) is 29.0 Å². The minimum Gasteiger partial charge on any atom is -0.320 e. The van der Waals surface area contributed by atoms with Crippen molar-refractivity contribution < 1.29 is 0 Å². The molecule has 0 saturated carbocycles. The summed E-state index contributed by atoms with van der Waals surface area (Å²) in [6.07, 6.45) is 1.87. The Bertz CT molecular complexity index is 479. The summed E-state index contributed by atoms with van der Waals surface area (Å²) in [5.41, 5.74) is 7.29. The number of hydrogen-bond donors (Lipinski definition) is 1. The maximum atomic E-state index is 5.94. The van der Waals surface area contributed by atoms with Crippen LogP contribution in [0.15, 0.2) is 11.6 Å². The highest BCUT2D eigenvalue weighted by Crippen LogP contribution is 2.14. The number of aromatic nitrogens is 4. The zero-order valence-corrected chi connectivity index (χ0v) is 10.5. The first kappa shape index (κ1) is 11.2. The van der Waals surface area contributed by atoms with E-state index < -0.39 is 5.54 Å². The largest absolute Gasteiger partial charge is 0.320 e. The highest BCUT2D eigenvalue weighted by Gasteiger charge is 2.18. The van der Waals surface area contributed by atoms with E-state index in [1.807, 2.05) is 32.3 Å². The number of rotatable bonds is 3. The van der Waals surface area contributed by atoms with Crippen LogP contribution in [-0.4, -0.2) is 20.0 Å². The molecule has 0 bridgehead atoms. The third-order valence-corrected chi connectivity index (χ3v) is 3.01. The van der Waals surface area contributed by atoms with Crippen LogP contribution in [0.1, 0.15) is 30.2 Å². The molecule has 2 aromatic heterocycles. The number of nitrogens with two attached hydrogens (primary N) is 1. The van der Waals surface area contributed by atoms with Crippen molar-refractivity contribution in [2.45, 2.75) is 32.9 Å². The molecule has 0 saturated heterocycles. The third-order valence-electron chi connectivity index (χ3n) is 2.19. The van der Waals surface area contributed by atoms with E-state index in [0.717, 1.165) is 16.4 Å². The summed E-state index contributed by atoms with van der Waals surface area (Å²) in [4.78, 5) is 4.38. The topological polar surface area (TPSA) is 69.6 Å². The van der Waals surface area contributed by atoms with Crippen LogP contribution in [0.3, 0.4) is 0 Å². The van der Waals surface area contributed by atoms with E-state index in [1.54, 1.807) is 16.0 Å². The Hall–Kier alpha value is -1.27. The summed E-state index contributed by atoms with van der Waals surface area (Å²) in [6.45, 7) is 6.46. The second-order valence-corrected chi connectivity index (χ2v) is 5.44. The van der Waals surface area contributed by atoms with Gasteiger partial charge in [-0.15, -0.1) is 16.4 Å². The van der Waals surface area contributed by atoms with Crippen LogP contribution in [0.5, 0.6) is 0 Å². The van der Waals surface area contributed by atoms with E-state index in [2.05, 4.69) is 15.3 Å². The summed E-state index contributed by atoms with van der Waals surface area (Å²) in [5.74, 6) is 0. The Balaban J connectivity index is 2.14. The van der Waals surface area contributed by atoms with Gasteiger partial charge in [0, 0.05) is 5.38 Å². The van der Waals surface area contributed by atoms with Gasteiger partial charge in [0.1, 0.15) is 5.69 Å². The van der Waals surface area contributed by atoms with Crippen LogP contribution in [0, 0.1) is 6.92 Å². The molecule has 0 spiro atoms. The first-order chi connectivity index (χ1) is 7.45. The highest BCUT2D eigenvalue weighted by molar-refractivity contribution is 7.09. The van der Waals surface area contributed by atoms with Crippen molar-refractivity contribution in [1.29, 1.82) is 0 Å². The lowest BCUT2D eigenvalue weighted by Gasteiger charge is -2.13. The molecule has 2 aromatic rings. The Morgan fingerprint density at radius 2 is 2.25 bits per heavy atom. The summed E-state index contributed by atoms with van der Waals surface area (Å²) in [5, 5.41) is 11.2. The van der Waals surface area contributed by atoms with Crippen molar-refractivity contribution in [2.24, 2.45) is 5.73 Å². The Labute approximate surface area is 98.3 Å². The van der Waals surface area contributed by atoms with E-state index in [4.69, 9.17) is 5.73 Å². The SMILES string of the molecule is Cc1nc(Cn2cc(C(C)(C)N)nn2)cs1. The van der Waals surface area contributed by atoms with Crippen LogP contribution in [0.25, 0.3) is 0 Å². The molecule has 16 heavy (non-hydrogen) atoms. The lowest BCUT2D eigenvalue weighted by Crippen LogP contribution is -2.29. The van der Waals surface area contributed by atoms with E-state index >= 15 is 0 Å². The number of hydrogen-bond acceptors (Lipinski definition) is 5. The summed E-state index contributed by atoms with van der Waals surface area (Å²) in [6, 6.07) is 0. The van der Waals surface area contributed by atoms with E-state index in [9.17, 15) is 0 Å². The maximum Gasteiger partial charge on any atom is 0.102 e. The van der Waals surface area contributed by atoms with Gasteiger partial charge >= 0.3 is 0 Å². The first-order valence-electron chi connectivity index (χ1n) is 5.05. The second-order valence-electron chi connectivity index (χ2n) is 4.38. The van der Waals surface area contributed by atoms with E-state index in [0.29, 0.717) is 6.54 Å².